The van der Waals surface area contributed by atoms with Gasteiger partial charge in [0.15, 0.2) is 0 Å². The quantitative estimate of drug-likeness (QED) is 0.293. The molecule has 2 aliphatic heterocycles. The number of carbonyl (C=O) groups excluding carboxylic acids is 1. The zero-order valence-corrected chi connectivity index (χ0v) is 28.0. The van der Waals surface area contributed by atoms with Crippen LogP contribution >= 0.6 is 33.9 Å². The van der Waals surface area contributed by atoms with Crippen LogP contribution in [-0.2, 0) is 24.8 Å². The molecule has 3 aromatic rings. The lowest BCUT2D eigenvalue weighted by Crippen LogP contribution is -2.41. The first-order valence-electron chi connectivity index (χ1n) is 14.0. The molecule has 1 aromatic heterocycles. The van der Waals surface area contributed by atoms with Gasteiger partial charge in [-0.3, -0.25) is 9.69 Å². The van der Waals surface area contributed by atoms with Gasteiger partial charge in [0.1, 0.15) is 0 Å². The lowest BCUT2D eigenvalue weighted by molar-refractivity contribution is -0.130. The molecule has 13 heteroatoms. The average Bonchev–Trinajstić information content (AvgIpc) is 3.75. The number of amides is 1. The molecule has 1 amide bonds. The second-order valence-electron chi connectivity index (χ2n) is 11.0. The van der Waals surface area contributed by atoms with Crippen LogP contribution in [-0.4, -0.2) is 63.2 Å². The van der Waals surface area contributed by atoms with E-state index in [1.807, 2.05) is 18.2 Å². The van der Waals surface area contributed by atoms with Crippen molar-refractivity contribution in [2.75, 3.05) is 23.3 Å². The van der Waals surface area contributed by atoms with Gasteiger partial charge in [0.25, 0.3) is 20.0 Å². The number of benzene rings is 2. The van der Waals surface area contributed by atoms with Crippen molar-refractivity contribution in [3.05, 3.63) is 98.1 Å². The summed E-state index contributed by atoms with van der Waals surface area (Å²) in [6.45, 7) is 4.02. The first kappa shape index (κ1) is 30.4. The first-order valence-corrected chi connectivity index (χ1v) is 18.9. The minimum atomic E-state index is -4.53. The maximum absolute atomic E-state index is 14.1. The number of rotatable bonds is 8. The van der Waals surface area contributed by atoms with Crippen LogP contribution in [0.2, 0.25) is 0 Å². The highest BCUT2D eigenvalue weighted by Crippen LogP contribution is 2.39. The zero-order chi connectivity index (χ0) is 30.4. The molecule has 2 fully saturated rings. The number of nitrogens with zero attached hydrogens (tertiary/aromatic N) is 4. The summed E-state index contributed by atoms with van der Waals surface area (Å²) in [5.74, 6) is -0.109. The van der Waals surface area contributed by atoms with Gasteiger partial charge >= 0.3 is 0 Å². The summed E-state index contributed by atoms with van der Waals surface area (Å²) in [4.78, 5) is 21.5. The topological polar surface area (TPSA) is 108 Å². The molecule has 0 radical (unpaired) electrons. The number of halogens is 1. The van der Waals surface area contributed by atoms with E-state index in [-0.39, 0.29) is 26.9 Å². The van der Waals surface area contributed by atoms with Crippen molar-refractivity contribution >= 4 is 65.0 Å². The van der Waals surface area contributed by atoms with E-state index in [0.717, 1.165) is 40.1 Å². The Morgan fingerprint density at radius 3 is 2.37 bits per heavy atom. The van der Waals surface area contributed by atoms with E-state index >= 15 is 0 Å². The molecule has 2 unspecified atom stereocenters. The number of sulfonamides is 2. The molecular weight excluding hydrogens is 719 g/mol. The maximum atomic E-state index is 14.1. The number of hydrogen-bond donors (Lipinski definition) is 0. The number of hydrogen-bond acceptors (Lipinski definition) is 8. The molecular formula is C30H31IN4O5S3. The molecule has 9 nitrogen and oxygen atoms in total. The van der Waals surface area contributed by atoms with Crippen molar-refractivity contribution in [3.8, 4) is 0 Å². The number of carbonyl (C=O) groups is 1. The Hall–Kier alpha value is -2.59. The Balaban J connectivity index is 1.24. The molecule has 3 aliphatic rings. The Morgan fingerprint density at radius 1 is 0.953 bits per heavy atom. The van der Waals surface area contributed by atoms with Crippen LogP contribution in [0.15, 0.2) is 93.8 Å². The summed E-state index contributed by atoms with van der Waals surface area (Å²) in [6.07, 6.45) is 6.50. The van der Waals surface area contributed by atoms with Crippen LogP contribution in [0.5, 0.6) is 0 Å². The van der Waals surface area contributed by atoms with Crippen LogP contribution in [0.3, 0.4) is 0 Å². The maximum Gasteiger partial charge on any atom is 0.279 e. The fourth-order valence-electron chi connectivity index (χ4n) is 6.16. The van der Waals surface area contributed by atoms with Crippen LogP contribution in [0.1, 0.15) is 37.7 Å². The number of anilines is 1. The van der Waals surface area contributed by atoms with Crippen molar-refractivity contribution in [1.29, 1.82) is 0 Å². The van der Waals surface area contributed by atoms with Crippen molar-refractivity contribution in [2.24, 2.45) is 5.92 Å². The fourth-order valence-corrected chi connectivity index (χ4v) is 11.6. The van der Waals surface area contributed by atoms with Crippen molar-refractivity contribution < 1.29 is 21.6 Å². The summed E-state index contributed by atoms with van der Waals surface area (Å²) in [5.41, 5.74) is 2.05. The smallest absolute Gasteiger partial charge is 0.279 e. The highest BCUT2D eigenvalue weighted by Gasteiger charge is 2.44. The Morgan fingerprint density at radius 2 is 1.70 bits per heavy atom. The van der Waals surface area contributed by atoms with Gasteiger partial charge in [-0.15, -0.1) is 15.0 Å². The molecule has 3 heterocycles. The van der Waals surface area contributed by atoms with Gasteiger partial charge in [0, 0.05) is 33.9 Å². The third kappa shape index (κ3) is 5.81. The minimum absolute atomic E-state index is 0.0334. The van der Waals surface area contributed by atoms with Gasteiger partial charge in [0.2, 0.25) is 11.0 Å². The van der Waals surface area contributed by atoms with Gasteiger partial charge in [-0.05, 0) is 102 Å². The molecule has 0 bridgehead atoms. The Labute approximate surface area is 270 Å². The van der Waals surface area contributed by atoms with Crippen molar-refractivity contribution in [3.63, 3.8) is 0 Å². The predicted octanol–water partition coefficient (Wildman–Crippen LogP) is 5.17. The SMILES string of the molecule is C[C@@H]1CC(N2CCC(N3CCC(c4ccccc4)C3)C2=O)=CC=C1S(=O)(=O)N(c1nccs1)S(=O)(=O)c1ccc(I)cc1. The fraction of sp³-hybridized carbons (Fsp3) is 0.333. The van der Waals surface area contributed by atoms with E-state index < -0.39 is 26.0 Å². The number of aromatic nitrogens is 1. The highest BCUT2D eigenvalue weighted by molar-refractivity contribution is 14.1. The van der Waals surface area contributed by atoms with Gasteiger partial charge in [-0.25, -0.2) is 13.4 Å². The molecule has 0 saturated carbocycles. The number of thiazole rings is 1. The van der Waals surface area contributed by atoms with E-state index in [0.29, 0.717) is 29.0 Å². The second-order valence-corrected chi connectivity index (χ2v) is 16.9. The number of likely N-dealkylation sites (tertiary alicyclic amines) is 2. The highest BCUT2D eigenvalue weighted by atomic mass is 127. The van der Waals surface area contributed by atoms with Gasteiger partial charge in [-0.1, -0.05) is 37.3 Å². The van der Waals surface area contributed by atoms with E-state index in [9.17, 15) is 21.6 Å². The Kier molecular flexibility index (Phi) is 8.54. The van der Waals surface area contributed by atoms with Gasteiger partial charge in [0.05, 0.1) is 15.8 Å². The standard InChI is InChI=1S/C30H31IN4O5S3/c1-21-19-25(34-17-14-27(29(34)36)33-16-13-23(20-33)22-5-3-2-4-6-22)9-12-28(21)43(39,40)35(30-32-15-18-41-30)42(37,38)26-10-7-24(31)8-11-26/h2-12,15,18,21,23,27H,13-14,16-17,19-20H2,1H3/t21-,23?,27?/m1/s1. The second kappa shape index (κ2) is 12.1. The van der Waals surface area contributed by atoms with Crippen LogP contribution in [0.4, 0.5) is 5.13 Å². The lowest BCUT2D eigenvalue weighted by atomic mass is 9.99. The summed E-state index contributed by atoms with van der Waals surface area (Å²) in [6, 6.07) is 16.2. The predicted molar refractivity (Wildman–Crippen MR) is 175 cm³/mol. The average molecular weight is 751 g/mol. The van der Waals surface area contributed by atoms with Gasteiger partial charge in [-0.2, -0.15) is 8.42 Å². The van der Waals surface area contributed by atoms with Crippen molar-refractivity contribution in [1.82, 2.24) is 14.8 Å². The lowest BCUT2D eigenvalue weighted by Gasteiger charge is -2.30. The molecule has 0 N–H and O–H groups in total. The summed E-state index contributed by atoms with van der Waals surface area (Å²) in [5, 5.41) is 1.38. The van der Waals surface area contributed by atoms with Crippen molar-refractivity contribution in [2.45, 2.75) is 43.0 Å². The van der Waals surface area contributed by atoms with E-state index in [2.05, 4.69) is 44.6 Å². The zero-order valence-electron chi connectivity index (χ0n) is 23.4. The van der Waals surface area contributed by atoms with E-state index in [1.54, 1.807) is 30.0 Å². The van der Waals surface area contributed by atoms with Gasteiger partial charge < -0.3 is 4.90 Å². The third-order valence-electron chi connectivity index (χ3n) is 8.32. The first-order chi connectivity index (χ1) is 20.6. The molecule has 3 atom stereocenters. The molecule has 2 saturated heterocycles. The summed E-state index contributed by atoms with van der Waals surface area (Å²) >= 11 is 2.99. The monoisotopic (exact) mass is 750 g/mol. The largest absolute Gasteiger partial charge is 0.315 e. The molecule has 6 rings (SSSR count). The summed E-state index contributed by atoms with van der Waals surface area (Å²) < 4.78 is 56.9. The van der Waals surface area contributed by atoms with Crippen LogP contribution in [0.25, 0.3) is 0 Å². The normalized spacial score (nSPS) is 23.3. The molecule has 43 heavy (non-hydrogen) atoms. The summed E-state index contributed by atoms with van der Waals surface area (Å²) in [7, 11) is -9.03. The molecule has 0 spiro atoms. The molecule has 2 aromatic carbocycles. The van der Waals surface area contributed by atoms with Crippen LogP contribution < -0.4 is 3.71 Å². The molecule has 226 valence electrons. The minimum Gasteiger partial charge on any atom is -0.315 e. The van der Waals surface area contributed by atoms with E-state index in [4.69, 9.17) is 0 Å². The number of allylic oxidation sites excluding steroid dienone is 4. The third-order valence-corrected chi connectivity index (χ3v) is 14.4. The van der Waals surface area contributed by atoms with Crippen LogP contribution in [0, 0.1) is 9.49 Å². The Bertz CT molecular complexity index is 1780. The molecule has 1 aliphatic carbocycles. The van der Waals surface area contributed by atoms with E-state index in [1.165, 1.54) is 35.3 Å².